The Hall–Kier alpha value is -2.43. The summed E-state index contributed by atoms with van der Waals surface area (Å²) in [5.41, 5.74) is 4.67. The molecular weight excluding hydrogens is 467 g/mol. The van der Waals surface area contributed by atoms with Crippen molar-refractivity contribution in [1.82, 2.24) is 24.7 Å². The van der Waals surface area contributed by atoms with Gasteiger partial charge >= 0.3 is 0 Å². The van der Waals surface area contributed by atoms with Crippen LogP contribution in [-0.2, 0) is 19.5 Å². The maximum absolute atomic E-state index is 4.79. The van der Waals surface area contributed by atoms with Crippen LogP contribution in [-0.4, -0.2) is 37.8 Å². The van der Waals surface area contributed by atoms with Gasteiger partial charge in [0, 0.05) is 56.1 Å². The average Bonchev–Trinajstić information content (AvgIpc) is 3.22. The average molecular weight is 488 g/mol. The zero-order valence-corrected chi connectivity index (χ0v) is 17.8. The van der Waals surface area contributed by atoms with Crippen molar-refractivity contribution in [3.63, 3.8) is 0 Å². The number of anilines is 4. The third kappa shape index (κ3) is 3.07. The van der Waals surface area contributed by atoms with E-state index in [1.54, 1.807) is 0 Å². The molecule has 2 aliphatic heterocycles. The summed E-state index contributed by atoms with van der Waals surface area (Å²) < 4.78 is 5.07. The van der Waals surface area contributed by atoms with Crippen molar-refractivity contribution < 1.29 is 0 Å². The van der Waals surface area contributed by atoms with Gasteiger partial charge in [-0.2, -0.15) is 10.1 Å². The van der Waals surface area contributed by atoms with Crippen LogP contribution in [0.3, 0.4) is 0 Å². The normalized spacial score (nSPS) is 15.9. The summed E-state index contributed by atoms with van der Waals surface area (Å²) in [5, 5.41) is 4.42. The van der Waals surface area contributed by atoms with Crippen molar-refractivity contribution in [3.05, 3.63) is 47.5 Å². The zero-order chi connectivity index (χ0) is 19.1. The number of pyridine rings is 1. The van der Waals surface area contributed by atoms with Crippen LogP contribution in [0, 0.1) is 6.92 Å². The van der Waals surface area contributed by atoms with Gasteiger partial charge in [0.2, 0.25) is 5.95 Å². The van der Waals surface area contributed by atoms with E-state index in [1.165, 1.54) is 11.3 Å². The Balaban J connectivity index is 1.46. The predicted molar refractivity (Wildman–Crippen MR) is 117 cm³/mol. The summed E-state index contributed by atoms with van der Waals surface area (Å²) in [6.07, 6.45) is 7.76. The molecule has 0 bridgehead atoms. The molecule has 0 aromatic carbocycles. The SMILES string of the molecule is Cc1cnc(NI)nc1N1CCc2ncc(N3CCCn4nccc43)cc2C1. The molecule has 1 N–H and O–H groups in total. The highest BCUT2D eigenvalue weighted by Crippen LogP contribution is 2.32. The van der Waals surface area contributed by atoms with Crippen LogP contribution in [0.4, 0.5) is 23.3 Å². The number of hydrogen-bond donors (Lipinski definition) is 1. The van der Waals surface area contributed by atoms with E-state index < -0.39 is 0 Å². The first-order valence-corrected chi connectivity index (χ1v) is 10.5. The van der Waals surface area contributed by atoms with Crippen molar-refractivity contribution in [3.8, 4) is 0 Å². The van der Waals surface area contributed by atoms with Gasteiger partial charge in [-0.05, 0) is 25.0 Å². The maximum atomic E-state index is 4.79. The highest BCUT2D eigenvalue weighted by atomic mass is 127. The van der Waals surface area contributed by atoms with E-state index >= 15 is 0 Å². The molecule has 9 heteroatoms. The summed E-state index contributed by atoms with van der Waals surface area (Å²) >= 11 is 2.07. The van der Waals surface area contributed by atoms with E-state index in [0.717, 1.165) is 61.9 Å². The molecule has 0 aliphatic carbocycles. The van der Waals surface area contributed by atoms with E-state index in [4.69, 9.17) is 4.98 Å². The first-order valence-electron chi connectivity index (χ1n) is 9.45. The van der Waals surface area contributed by atoms with Crippen LogP contribution in [0.5, 0.6) is 0 Å². The summed E-state index contributed by atoms with van der Waals surface area (Å²) in [6, 6.07) is 4.36. The molecule has 0 fully saturated rings. The Kier molecular flexibility index (Phi) is 4.53. The van der Waals surface area contributed by atoms with Gasteiger partial charge in [-0.1, -0.05) is 0 Å². The number of nitrogens with zero attached hydrogens (tertiary/aromatic N) is 7. The number of aryl methyl sites for hydroxylation is 2. The lowest BCUT2D eigenvalue weighted by Crippen LogP contribution is -2.33. The quantitative estimate of drug-likeness (QED) is 0.448. The first kappa shape index (κ1) is 17.7. The van der Waals surface area contributed by atoms with Gasteiger partial charge in [0.1, 0.15) is 11.6 Å². The second-order valence-corrected chi connectivity index (χ2v) is 7.72. The Bertz CT molecular complexity index is 1020. The third-order valence-corrected chi connectivity index (χ3v) is 5.87. The van der Waals surface area contributed by atoms with Gasteiger partial charge in [-0.25, -0.2) is 9.67 Å². The number of nitrogens with one attached hydrogen (secondary N) is 1. The van der Waals surface area contributed by atoms with Gasteiger partial charge in [0.15, 0.2) is 0 Å². The Labute approximate surface area is 177 Å². The molecule has 0 spiro atoms. The second-order valence-electron chi connectivity index (χ2n) is 7.18. The van der Waals surface area contributed by atoms with Gasteiger partial charge in [-0.3, -0.25) is 8.51 Å². The van der Waals surface area contributed by atoms with E-state index in [0.29, 0.717) is 5.95 Å². The standard InChI is InChI=1S/C19H21IN8/c1-13-10-22-19(25-20)24-18(13)26-8-4-16-14(12-26)9-15(11-21-16)27-6-2-7-28-17(27)3-5-23-28/h3,5,9-11H,2,4,6-8,12H2,1H3,(H,22,24,25). The summed E-state index contributed by atoms with van der Waals surface area (Å²) in [5.74, 6) is 2.77. The molecule has 8 nitrogen and oxygen atoms in total. The van der Waals surface area contributed by atoms with Gasteiger partial charge in [-0.15, -0.1) is 0 Å². The molecule has 28 heavy (non-hydrogen) atoms. The third-order valence-electron chi connectivity index (χ3n) is 5.39. The Morgan fingerprint density at radius 1 is 1.14 bits per heavy atom. The van der Waals surface area contributed by atoms with E-state index in [1.807, 2.05) is 18.6 Å². The number of hydrogen-bond acceptors (Lipinski definition) is 7. The lowest BCUT2D eigenvalue weighted by atomic mass is 10.0. The fourth-order valence-electron chi connectivity index (χ4n) is 4.02. The highest BCUT2D eigenvalue weighted by Gasteiger charge is 2.24. The van der Waals surface area contributed by atoms with Crippen molar-refractivity contribution in [2.75, 3.05) is 26.4 Å². The van der Waals surface area contributed by atoms with Crippen molar-refractivity contribution in [2.24, 2.45) is 0 Å². The molecule has 3 aromatic heterocycles. The highest BCUT2D eigenvalue weighted by molar-refractivity contribution is 14.1. The number of aromatic nitrogens is 5. The number of halogens is 1. The van der Waals surface area contributed by atoms with Crippen LogP contribution in [0.15, 0.2) is 30.7 Å². The van der Waals surface area contributed by atoms with Crippen molar-refractivity contribution >= 4 is 46.1 Å². The first-order chi connectivity index (χ1) is 13.7. The van der Waals surface area contributed by atoms with Crippen LogP contribution >= 0.6 is 22.9 Å². The minimum Gasteiger partial charge on any atom is -0.351 e. The maximum Gasteiger partial charge on any atom is 0.233 e. The molecule has 0 saturated heterocycles. The van der Waals surface area contributed by atoms with Crippen LogP contribution in [0.1, 0.15) is 23.2 Å². The lowest BCUT2D eigenvalue weighted by molar-refractivity contribution is 0.541. The predicted octanol–water partition coefficient (Wildman–Crippen LogP) is 3.24. The van der Waals surface area contributed by atoms with Crippen molar-refractivity contribution in [2.45, 2.75) is 32.9 Å². The zero-order valence-electron chi connectivity index (χ0n) is 15.6. The van der Waals surface area contributed by atoms with Gasteiger partial charge < -0.3 is 9.80 Å². The van der Waals surface area contributed by atoms with E-state index in [-0.39, 0.29) is 0 Å². The fourth-order valence-corrected chi connectivity index (χ4v) is 4.28. The van der Waals surface area contributed by atoms with Gasteiger partial charge in [0.25, 0.3) is 0 Å². The molecule has 0 unspecified atom stereocenters. The molecule has 144 valence electrons. The molecule has 0 atom stereocenters. The molecule has 2 aliphatic rings. The Morgan fingerprint density at radius 3 is 2.96 bits per heavy atom. The monoisotopic (exact) mass is 488 g/mol. The minimum absolute atomic E-state index is 0.639. The van der Waals surface area contributed by atoms with Crippen LogP contribution in [0.25, 0.3) is 0 Å². The molecule has 0 saturated carbocycles. The molecule has 5 rings (SSSR count). The summed E-state index contributed by atoms with van der Waals surface area (Å²) in [6.45, 7) is 5.75. The summed E-state index contributed by atoms with van der Waals surface area (Å²) in [7, 11) is 0. The second kappa shape index (κ2) is 7.19. The fraction of sp³-hybridized carbons (Fsp3) is 0.368. The molecule has 0 amide bonds. The van der Waals surface area contributed by atoms with E-state index in [2.05, 4.69) is 75.0 Å². The smallest absolute Gasteiger partial charge is 0.233 e. The Morgan fingerprint density at radius 2 is 2.07 bits per heavy atom. The molecule has 0 radical (unpaired) electrons. The number of rotatable bonds is 3. The van der Waals surface area contributed by atoms with Crippen LogP contribution in [0.2, 0.25) is 0 Å². The minimum atomic E-state index is 0.639. The number of fused-ring (bicyclic) bond motifs is 2. The topological polar surface area (TPSA) is 75.0 Å². The van der Waals surface area contributed by atoms with E-state index in [9.17, 15) is 0 Å². The summed E-state index contributed by atoms with van der Waals surface area (Å²) in [4.78, 5) is 18.4. The van der Waals surface area contributed by atoms with Crippen molar-refractivity contribution in [1.29, 1.82) is 0 Å². The molecular formula is C19H21IN8. The lowest BCUT2D eigenvalue weighted by Gasteiger charge is -2.33. The largest absolute Gasteiger partial charge is 0.351 e. The van der Waals surface area contributed by atoms with Gasteiger partial charge in [0.05, 0.1) is 40.9 Å². The molecule has 5 heterocycles. The van der Waals surface area contributed by atoms with Crippen LogP contribution < -0.4 is 13.3 Å². The molecule has 3 aromatic rings.